The van der Waals surface area contributed by atoms with Crippen LogP contribution in [0.3, 0.4) is 0 Å². The quantitative estimate of drug-likeness (QED) is 0.278. The van der Waals surface area contributed by atoms with Crippen LogP contribution in [0.15, 0.2) is 79.3 Å². The van der Waals surface area contributed by atoms with Gasteiger partial charge in [0, 0.05) is 52.4 Å². The number of anilines is 1. The van der Waals surface area contributed by atoms with Gasteiger partial charge in [0.15, 0.2) is 5.65 Å². The molecule has 0 fully saturated rings. The fraction of sp³-hybridized carbons (Fsp3) is 0.179. The van der Waals surface area contributed by atoms with E-state index in [0.29, 0.717) is 11.7 Å². The molecule has 0 spiro atoms. The minimum atomic E-state index is 0.332. The summed E-state index contributed by atoms with van der Waals surface area (Å²) in [6, 6.07) is 6.72. The van der Waals surface area contributed by atoms with Gasteiger partial charge in [0.2, 0.25) is 0 Å². The van der Waals surface area contributed by atoms with Crippen molar-refractivity contribution in [2.24, 2.45) is 0 Å². The van der Waals surface area contributed by atoms with Crippen molar-refractivity contribution >= 4 is 22.3 Å². The Hall–Kier alpha value is -4.19. The molecular formula is C28H28N6. The Kier molecular flexibility index (Phi) is 5.72. The SMILES string of the molecule is C=C/C=C(/C1=CCC=C1)c1cc(-c2[nH]nc3ncc(-c4cncc(NC(C)C)c4)cc23)[nH]c1C. The van der Waals surface area contributed by atoms with E-state index in [1.165, 1.54) is 5.57 Å². The molecule has 3 N–H and O–H groups in total. The molecule has 34 heavy (non-hydrogen) atoms. The Morgan fingerprint density at radius 1 is 1.15 bits per heavy atom. The Morgan fingerprint density at radius 2 is 2.00 bits per heavy atom. The molecule has 0 unspecified atom stereocenters. The van der Waals surface area contributed by atoms with E-state index in [0.717, 1.165) is 56.8 Å². The molecule has 0 atom stereocenters. The predicted molar refractivity (Wildman–Crippen MR) is 140 cm³/mol. The first-order chi connectivity index (χ1) is 16.5. The predicted octanol–water partition coefficient (Wildman–Crippen LogP) is 6.60. The van der Waals surface area contributed by atoms with Crippen molar-refractivity contribution < 1.29 is 0 Å². The van der Waals surface area contributed by atoms with Crippen LogP contribution in [0.2, 0.25) is 0 Å². The zero-order valence-corrected chi connectivity index (χ0v) is 19.7. The molecule has 1 aliphatic rings. The molecular weight excluding hydrogens is 420 g/mol. The third-order valence-corrected chi connectivity index (χ3v) is 5.88. The van der Waals surface area contributed by atoms with Gasteiger partial charge < -0.3 is 10.3 Å². The summed E-state index contributed by atoms with van der Waals surface area (Å²) in [5, 5.41) is 12.0. The summed E-state index contributed by atoms with van der Waals surface area (Å²) in [5.41, 5.74) is 10.2. The zero-order chi connectivity index (χ0) is 23.7. The largest absolute Gasteiger partial charge is 0.382 e. The van der Waals surface area contributed by atoms with Crippen LogP contribution in [-0.4, -0.2) is 31.2 Å². The maximum absolute atomic E-state index is 4.60. The molecule has 0 radical (unpaired) electrons. The molecule has 4 heterocycles. The normalized spacial score (nSPS) is 13.6. The summed E-state index contributed by atoms with van der Waals surface area (Å²) in [7, 11) is 0. The van der Waals surface area contributed by atoms with Crippen molar-refractivity contribution in [3.05, 3.63) is 90.6 Å². The van der Waals surface area contributed by atoms with E-state index in [2.05, 4.69) is 100 Å². The number of aromatic nitrogens is 5. The lowest BCUT2D eigenvalue weighted by molar-refractivity contribution is 0.898. The van der Waals surface area contributed by atoms with Gasteiger partial charge in [0.1, 0.15) is 0 Å². The van der Waals surface area contributed by atoms with Crippen LogP contribution in [-0.2, 0) is 0 Å². The van der Waals surface area contributed by atoms with Gasteiger partial charge in [-0.3, -0.25) is 10.1 Å². The van der Waals surface area contributed by atoms with E-state index < -0.39 is 0 Å². The average Bonchev–Trinajstić information content (AvgIpc) is 3.57. The number of hydrogen-bond acceptors (Lipinski definition) is 4. The standard InChI is InChI=1S/C28H28N6/c1-5-8-23(19-9-6-7-10-19)24-13-26(32-18(24)4)27-25-12-21(15-30-28(25)34-33-27)20-11-22(16-29-14-20)31-17(2)3/h5-6,8-17,31-32H,1,7H2,2-4H3,(H,30,33,34)/b23-8-. The summed E-state index contributed by atoms with van der Waals surface area (Å²) >= 11 is 0. The van der Waals surface area contributed by atoms with Gasteiger partial charge in [0.05, 0.1) is 17.1 Å². The molecule has 0 bridgehead atoms. The monoisotopic (exact) mass is 448 g/mol. The number of rotatable bonds is 7. The second-order valence-corrected chi connectivity index (χ2v) is 8.79. The van der Waals surface area contributed by atoms with Crippen LogP contribution < -0.4 is 5.32 Å². The lowest BCUT2D eigenvalue weighted by Gasteiger charge is -2.10. The van der Waals surface area contributed by atoms with Crippen LogP contribution in [0.4, 0.5) is 5.69 Å². The Morgan fingerprint density at radius 3 is 2.76 bits per heavy atom. The van der Waals surface area contributed by atoms with Crippen LogP contribution in [0, 0.1) is 6.92 Å². The lowest BCUT2D eigenvalue weighted by atomic mass is 9.98. The lowest BCUT2D eigenvalue weighted by Crippen LogP contribution is -2.09. The molecule has 5 rings (SSSR count). The smallest absolute Gasteiger partial charge is 0.181 e. The van der Waals surface area contributed by atoms with Gasteiger partial charge in [-0.05, 0) is 56.5 Å². The van der Waals surface area contributed by atoms with Gasteiger partial charge >= 0.3 is 0 Å². The number of pyridine rings is 2. The maximum Gasteiger partial charge on any atom is 0.181 e. The number of hydrogen-bond donors (Lipinski definition) is 3. The van der Waals surface area contributed by atoms with Crippen molar-refractivity contribution in [2.75, 3.05) is 5.32 Å². The fourth-order valence-electron chi connectivity index (χ4n) is 4.36. The fourth-order valence-corrected chi connectivity index (χ4v) is 4.36. The zero-order valence-electron chi connectivity index (χ0n) is 19.7. The number of allylic oxidation sites excluding steroid dienone is 7. The second kappa shape index (κ2) is 8.98. The maximum atomic E-state index is 4.60. The Balaban J connectivity index is 1.56. The van der Waals surface area contributed by atoms with Gasteiger partial charge in [-0.15, -0.1) is 0 Å². The van der Waals surface area contributed by atoms with Crippen molar-refractivity contribution in [3.8, 4) is 22.5 Å². The van der Waals surface area contributed by atoms with Gasteiger partial charge in [-0.25, -0.2) is 4.98 Å². The third kappa shape index (κ3) is 4.10. The summed E-state index contributed by atoms with van der Waals surface area (Å²) in [4.78, 5) is 12.6. The van der Waals surface area contributed by atoms with Crippen molar-refractivity contribution in [2.45, 2.75) is 33.2 Å². The Labute approximate surface area is 199 Å². The average molecular weight is 449 g/mol. The highest BCUT2D eigenvalue weighted by Crippen LogP contribution is 2.35. The first kappa shape index (κ1) is 21.6. The van der Waals surface area contributed by atoms with E-state index in [1.807, 2.05) is 24.7 Å². The highest BCUT2D eigenvalue weighted by Gasteiger charge is 2.17. The van der Waals surface area contributed by atoms with Crippen LogP contribution in [0.25, 0.3) is 39.1 Å². The van der Waals surface area contributed by atoms with Crippen LogP contribution in [0.5, 0.6) is 0 Å². The summed E-state index contributed by atoms with van der Waals surface area (Å²) in [6.07, 6.45) is 17.0. The van der Waals surface area contributed by atoms with Crippen LogP contribution in [0.1, 0.15) is 31.5 Å². The Bertz CT molecular complexity index is 1460. The number of aryl methyl sites for hydroxylation is 1. The van der Waals surface area contributed by atoms with E-state index in [-0.39, 0.29) is 0 Å². The van der Waals surface area contributed by atoms with Crippen LogP contribution >= 0.6 is 0 Å². The van der Waals surface area contributed by atoms with Gasteiger partial charge in [-0.2, -0.15) is 5.10 Å². The highest BCUT2D eigenvalue weighted by atomic mass is 15.2. The molecule has 4 aromatic heterocycles. The molecule has 0 saturated carbocycles. The van der Waals surface area contributed by atoms with Crippen molar-refractivity contribution in [3.63, 3.8) is 0 Å². The minimum absolute atomic E-state index is 0.332. The first-order valence-electron chi connectivity index (χ1n) is 11.5. The molecule has 1 aliphatic carbocycles. The number of nitrogens with zero attached hydrogens (tertiary/aromatic N) is 3. The van der Waals surface area contributed by atoms with Crippen molar-refractivity contribution in [1.82, 2.24) is 25.1 Å². The van der Waals surface area contributed by atoms with E-state index >= 15 is 0 Å². The molecule has 170 valence electrons. The molecule has 0 saturated heterocycles. The summed E-state index contributed by atoms with van der Waals surface area (Å²) in [5.74, 6) is 0. The van der Waals surface area contributed by atoms with Crippen molar-refractivity contribution in [1.29, 1.82) is 0 Å². The molecule has 6 heteroatoms. The third-order valence-electron chi connectivity index (χ3n) is 5.88. The summed E-state index contributed by atoms with van der Waals surface area (Å²) in [6.45, 7) is 10.2. The molecule has 0 aliphatic heterocycles. The first-order valence-corrected chi connectivity index (χ1v) is 11.5. The minimum Gasteiger partial charge on any atom is -0.382 e. The van der Waals surface area contributed by atoms with E-state index in [4.69, 9.17) is 0 Å². The van der Waals surface area contributed by atoms with E-state index in [1.54, 1.807) is 0 Å². The van der Waals surface area contributed by atoms with E-state index in [9.17, 15) is 0 Å². The number of H-pyrrole nitrogens is 2. The highest BCUT2D eigenvalue weighted by molar-refractivity contribution is 5.94. The number of fused-ring (bicyclic) bond motifs is 1. The number of nitrogens with one attached hydrogen (secondary N) is 3. The second-order valence-electron chi connectivity index (χ2n) is 8.79. The topological polar surface area (TPSA) is 82.3 Å². The molecule has 0 aromatic carbocycles. The molecule has 4 aromatic rings. The molecule has 0 amide bonds. The molecule has 6 nitrogen and oxygen atoms in total. The number of aromatic amines is 2. The van der Waals surface area contributed by atoms with Gasteiger partial charge in [0.25, 0.3) is 0 Å². The van der Waals surface area contributed by atoms with Gasteiger partial charge in [-0.1, -0.05) is 37.0 Å². The summed E-state index contributed by atoms with van der Waals surface area (Å²) < 4.78 is 0.